The summed E-state index contributed by atoms with van der Waals surface area (Å²) in [4.78, 5) is 17.5. The molecule has 0 saturated heterocycles. The number of aromatic nitrogens is 1. The summed E-state index contributed by atoms with van der Waals surface area (Å²) in [6.07, 6.45) is 5.50. The molecule has 0 radical (unpaired) electrons. The molecule has 0 atom stereocenters. The number of fused-ring (bicyclic) bond motifs is 2. The summed E-state index contributed by atoms with van der Waals surface area (Å²) in [5.41, 5.74) is 0.976. The van der Waals surface area contributed by atoms with Gasteiger partial charge in [0.2, 0.25) is 6.79 Å². The molecule has 1 aliphatic heterocycles. The lowest BCUT2D eigenvalue weighted by Gasteiger charge is -2.03. The normalized spacial score (nSPS) is 13.6. The van der Waals surface area contributed by atoms with Gasteiger partial charge in [0.1, 0.15) is 0 Å². The van der Waals surface area contributed by atoms with Gasteiger partial charge in [0.15, 0.2) is 26.1 Å². The molecule has 0 saturated carbocycles. The minimum absolute atomic E-state index is 0.0465. The molecular formula is C20H16N2O5S2. The number of sulfone groups is 1. The number of hydrogen-bond donors (Lipinski definition) is 0. The van der Waals surface area contributed by atoms with Crippen LogP contribution in [-0.2, 0) is 16.4 Å². The lowest BCUT2D eigenvalue weighted by Crippen LogP contribution is -2.16. The quantitative estimate of drug-likeness (QED) is 0.596. The molecule has 0 unspecified atom stereocenters. The van der Waals surface area contributed by atoms with Gasteiger partial charge >= 0.3 is 0 Å². The Bertz CT molecular complexity index is 1340. The molecule has 0 spiro atoms. The number of carbonyl (C=O) groups excluding carboxylic acids is 1. The number of carbonyl (C=O) groups is 1. The number of nitrogens with zero attached hydrogens (tertiary/aromatic N) is 2. The minimum Gasteiger partial charge on any atom is -0.454 e. The second-order valence-electron chi connectivity index (χ2n) is 6.20. The van der Waals surface area contributed by atoms with Gasteiger partial charge in [-0.15, -0.1) is 6.42 Å². The molecule has 4 rings (SSSR count). The second-order valence-corrected chi connectivity index (χ2v) is 9.48. The Hall–Kier alpha value is -3.09. The molecule has 2 heterocycles. The van der Waals surface area contributed by atoms with Crippen LogP contribution in [0.3, 0.4) is 0 Å². The van der Waals surface area contributed by atoms with Gasteiger partial charge in [0, 0.05) is 17.7 Å². The molecule has 9 heteroatoms. The predicted molar refractivity (Wildman–Crippen MR) is 109 cm³/mol. The van der Waals surface area contributed by atoms with E-state index in [1.54, 1.807) is 11.5 Å². The fourth-order valence-corrected chi connectivity index (χ4v) is 4.89. The number of amides is 1. The highest BCUT2D eigenvalue weighted by atomic mass is 32.2. The van der Waals surface area contributed by atoms with Crippen molar-refractivity contribution in [3.63, 3.8) is 0 Å². The SMILES string of the molecule is C#CCn1c(=NC(=O)c2cccc(S(=O)(=O)CC)c2)sc2cc3c(cc21)OCO3. The summed E-state index contributed by atoms with van der Waals surface area (Å²) in [5.74, 6) is 3.21. The number of rotatable bonds is 4. The van der Waals surface area contributed by atoms with Crippen molar-refractivity contribution in [3.05, 3.63) is 46.8 Å². The van der Waals surface area contributed by atoms with E-state index in [-0.39, 0.29) is 29.5 Å². The monoisotopic (exact) mass is 428 g/mol. The Morgan fingerprint density at radius 3 is 2.76 bits per heavy atom. The van der Waals surface area contributed by atoms with Gasteiger partial charge in [-0.2, -0.15) is 4.99 Å². The van der Waals surface area contributed by atoms with Crippen molar-refractivity contribution in [2.24, 2.45) is 4.99 Å². The third kappa shape index (κ3) is 3.52. The molecule has 3 aromatic rings. The first kappa shape index (κ1) is 19.2. The molecule has 148 valence electrons. The Balaban J connectivity index is 1.82. The Kier molecular flexibility index (Phi) is 4.90. The number of benzene rings is 2. The molecule has 29 heavy (non-hydrogen) atoms. The molecule has 2 aromatic carbocycles. The average molecular weight is 428 g/mol. The fraction of sp³-hybridized carbons (Fsp3) is 0.200. The zero-order valence-corrected chi connectivity index (χ0v) is 17.0. The summed E-state index contributed by atoms with van der Waals surface area (Å²) in [6, 6.07) is 9.52. The van der Waals surface area contributed by atoms with Crippen molar-refractivity contribution in [2.75, 3.05) is 12.5 Å². The topological polar surface area (TPSA) is 87.0 Å². The van der Waals surface area contributed by atoms with Crippen LogP contribution >= 0.6 is 11.3 Å². The maximum absolute atomic E-state index is 12.7. The van der Waals surface area contributed by atoms with E-state index in [9.17, 15) is 13.2 Å². The molecule has 1 aliphatic rings. The van der Waals surface area contributed by atoms with E-state index in [0.29, 0.717) is 16.3 Å². The Labute approximate surface area is 171 Å². The summed E-state index contributed by atoms with van der Waals surface area (Å²) in [7, 11) is -3.42. The summed E-state index contributed by atoms with van der Waals surface area (Å²) < 4.78 is 37.6. The standard InChI is InChI=1S/C20H16N2O5S2/c1-3-8-22-15-10-16-17(27-12-26-16)11-18(15)28-20(22)21-19(23)13-6-5-7-14(9-13)29(24,25)4-2/h1,5-7,9-11H,4,8,12H2,2H3. The highest BCUT2D eigenvalue weighted by Gasteiger charge is 2.18. The number of thiazole rings is 1. The van der Waals surface area contributed by atoms with Gasteiger partial charge < -0.3 is 14.0 Å². The number of terminal acetylenes is 1. The molecule has 0 aliphatic carbocycles. The van der Waals surface area contributed by atoms with E-state index in [1.807, 2.05) is 12.1 Å². The van der Waals surface area contributed by atoms with Crippen LogP contribution in [0.1, 0.15) is 17.3 Å². The van der Waals surface area contributed by atoms with Gasteiger partial charge in [-0.3, -0.25) is 4.79 Å². The lowest BCUT2D eigenvalue weighted by atomic mass is 10.2. The highest BCUT2D eigenvalue weighted by molar-refractivity contribution is 7.91. The van der Waals surface area contributed by atoms with Crippen LogP contribution in [-0.4, -0.2) is 31.4 Å². The zero-order chi connectivity index (χ0) is 20.6. The van der Waals surface area contributed by atoms with Crippen LogP contribution in [0.4, 0.5) is 0 Å². The van der Waals surface area contributed by atoms with Crippen LogP contribution in [0.2, 0.25) is 0 Å². The first-order chi connectivity index (χ1) is 13.9. The van der Waals surface area contributed by atoms with Crippen LogP contribution in [0, 0.1) is 12.3 Å². The molecule has 0 fully saturated rings. The molecule has 0 N–H and O–H groups in total. The molecule has 7 nitrogen and oxygen atoms in total. The predicted octanol–water partition coefficient (Wildman–Crippen LogP) is 2.60. The first-order valence-electron chi connectivity index (χ1n) is 8.71. The van der Waals surface area contributed by atoms with E-state index in [0.717, 1.165) is 10.2 Å². The molecular weight excluding hydrogens is 412 g/mol. The van der Waals surface area contributed by atoms with E-state index < -0.39 is 15.7 Å². The Morgan fingerprint density at radius 2 is 2.03 bits per heavy atom. The van der Waals surface area contributed by atoms with Crippen molar-refractivity contribution >= 4 is 37.3 Å². The smallest absolute Gasteiger partial charge is 0.279 e. The molecule has 1 amide bonds. The fourth-order valence-electron chi connectivity index (χ4n) is 2.93. The maximum atomic E-state index is 12.7. The summed E-state index contributed by atoms with van der Waals surface area (Å²) >= 11 is 1.29. The van der Waals surface area contributed by atoms with Gasteiger partial charge in [-0.1, -0.05) is 30.2 Å². The lowest BCUT2D eigenvalue weighted by molar-refractivity contribution is 0.0997. The van der Waals surface area contributed by atoms with Crippen molar-refractivity contribution in [3.8, 4) is 23.8 Å². The minimum atomic E-state index is -3.42. The van der Waals surface area contributed by atoms with E-state index in [2.05, 4.69) is 10.9 Å². The number of ether oxygens (including phenoxy) is 2. The maximum Gasteiger partial charge on any atom is 0.279 e. The van der Waals surface area contributed by atoms with E-state index in [4.69, 9.17) is 15.9 Å². The second kappa shape index (κ2) is 7.39. The van der Waals surface area contributed by atoms with Gasteiger partial charge in [-0.25, -0.2) is 8.42 Å². The van der Waals surface area contributed by atoms with E-state index in [1.165, 1.54) is 35.6 Å². The number of hydrogen-bond acceptors (Lipinski definition) is 6. The van der Waals surface area contributed by atoms with Crippen LogP contribution in [0.5, 0.6) is 11.5 Å². The average Bonchev–Trinajstić information content (AvgIpc) is 3.30. The summed E-state index contributed by atoms with van der Waals surface area (Å²) in [5, 5.41) is 0. The molecule has 1 aromatic heterocycles. The van der Waals surface area contributed by atoms with Crippen molar-refractivity contribution in [2.45, 2.75) is 18.4 Å². The summed E-state index contributed by atoms with van der Waals surface area (Å²) in [6.45, 7) is 1.93. The zero-order valence-electron chi connectivity index (χ0n) is 15.4. The van der Waals surface area contributed by atoms with Gasteiger partial charge in [0.05, 0.1) is 27.4 Å². The third-order valence-electron chi connectivity index (χ3n) is 4.44. The van der Waals surface area contributed by atoms with Crippen LogP contribution in [0.15, 0.2) is 46.3 Å². The largest absolute Gasteiger partial charge is 0.454 e. The third-order valence-corrected chi connectivity index (χ3v) is 7.22. The van der Waals surface area contributed by atoms with Crippen molar-refractivity contribution in [1.29, 1.82) is 0 Å². The van der Waals surface area contributed by atoms with Crippen molar-refractivity contribution < 1.29 is 22.7 Å². The molecule has 0 bridgehead atoms. The van der Waals surface area contributed by atoms with Crippen LogP contribution in [0.25, 0.3) is 10.2 Å². The van der Waals surface area contributed by atoms with Gasteiger partial charge in [0.25, 0.3) is 5.91 Å². The van der Waals surface area contributed by atoms with Gasteiger partial charge in [-0.05, 0) is 18.2 Å². The highest BCUT2D eigenvalue weighted by Crippen LogP contribution is 2.36. The van der Waals surface area contributed by atoms with Crippen LogP contribution < -0.4 is 14.3 Å². The Morgan fingerprint density at radius 1 is 1.28 bits per heavy atom. The first-order valence-corrected chi connectivity index (χ1v) is 11.2. The van der Waals surface area contributed by atoms with E-state index >= 15 is 0 Å². The van der Waals surface area contributed by atoms with Crippen molar-refractivity contribution in [1.82, 2.24) is 4.57 Å².